The minimum Gasteiger partial charge on any atom is -0.330 e. The predicted molar refractivity (Wildman–Crippen MR) is 78.8 cm³/mol. The van der Waals surface area contributed by atoms with Gasteiger partial charge in [0.1, 0.15) is 5.82 Å². The number of likely N-dealkylation sites (tertiary alicyclic amines) is 1. The van der Waals surface area contributed by atoms with Crippen LogP contribution in [0, 0.1) is 5.92 Å². The first-order chi connectivity index (χ1) is 9.19. The van der Waals surface area contributed by atoms with Gasteiger partial charge in [-0.2, -0.15) is 0 Å². The topological polar surface area (TPSA) is 21.1 Å². The van der Waals surface area contributed by atoms with Crippen molar-refractivity contribution in [3.8, 4) is 0 Å². The molecule has 1 aromatic rings. The second-order valence-corrected chi connectivity index (χ2v) is 6.53. The lowest BCUT2D eigenvalue weighted by Crippen LogP contribution is -2.34. The Morgan fingerprint density at radius 3 is 2.68 bits per heavy atom. The Balaban J connectivity index is 1.82. The second kappa shape index (κ2) is 5.45. The molecule has 1 saturated heterocycles. The Hall–Kier alpha value is -0.540. The summed E-state index contributed by atoms with van der Waals surface area (Å²) in [6, 6.07) is 0. The molecule has 2 aliphatic rings. The van der Waals surface area contributed by atoms with Gasteiger partial charge in [-0.15, -0.1) is 0 Å². The minimum atomic E-state index is 0.611. The molecule has 2 aliphatic heterocycles. The van der Waals surface area contributed by atoms with Gasteiger partial charge in [-0.05, 0) is 51.2 Å². The van der Waals surface area contributed by atoms with Gasteiger partial charge in [0.15, 0.2) is 5.15 Å². The van der Waals surface area contributed by atoms with Gasteiger partial charge < -0.3 is 9.47 Å². The maximum Gasteiger partial charge on any atom is 0.150 e. The van der Waals surface area contributed by atoms with Gasteiger partial charge in [0.2, 0.25) is 0 Å². The first kappa shape index (κ1) is 13.4. The Morgan fingerprint density at radius 2 is 2.00 bits per heavy atom. The van der Waals surface area contributed by atoms with Crippen LogP contribution in [0.25, 0.3) is 0 Å². The third-order valence-electron chi connectivity index (χ3n) is 4.82. The summed E-state index contributed by atoms with van der Waals surface area (Å²) in [5.41, 5.74) is 1.28. The molecule has 0 aromatic carbocycles. The lowest BCUT2D eigenvalue weighted by Gasteiger charge is -2.32. The van der Waals surface area contributed by atoms with Crippen LogP contribution < -0.4 is 0 Å². The van der Waals surface area contributed by atoms with Gasteiger partial charge in [-0.25, -0.2) is 4.98 Å². The van der Waals surface area contributed by atoms with Gasteiger partial charge in [0.25, 0.3) is 0 Å². The number of hydrogen-bond donors (Lipinski definition) is 0. The molecule has 4 heteroatoms. The lowest BCUT2D eigenvalue weighted by molar-refractivity contribution is 0.215. The second-order valence-electron chi connectivity index (χ2n) is 6.17. The van der Waals surface area contributed by atoms with E-state index in [9.17, 15) is 0 Å². The zero-order valence-electron chi connectivity index (χ0n) is 12.0. The highest BCUT2D eigenvalue weighted by molar-refractivity contribution is 6.30. The van der Waals surface area contributed by atoms with E-state index in [-0.39, 0.29) is 0 Å². The number of piperidine rings is 1. The van der Waals surface area contributed by atoms with Crippen LogP contribution in [0.15, 0.2) is 0 Å². The van der Waals surface area contributed by atoms with Crippen molar-refractivity contribution in [1.29, 1.82) is 0 Å². The highest BCUT2D eigenvalue weighted by Crippen LogP contribution is 2.34. The maximum absolute atomic E-state index is 6.34. The fourth-order valence-corrected chi connectivity index (χ4v) is 3.81. The van der Waals surface area contributed by atoms with Crippen molar-refractivity contribution in [2.45, 2.75) is 52.0 Å². The summed E-state index contributed by atoms with van der Waals surface area (Å²) in [5.74, 6) is 2.63. The Bertz CT molecular complexity index is 446. The number of aromatic nitrogens is 2. The minimum absolute atomic E-state index is 0.611. The van der Waals surface area contributed by atoms with Crippen molar-refractivity contribution in [2.75, 3.05) is 19.6 Å². The van der Waals surface area contributed by atoms with E-state index in [0.29, 0.717) is 5.92 Å². The molecule has 0 saturated carbocycles. The van der Waals surface area contributed by atoms with E-state index in [2.05, 4.69) is 23.3 Å². The van der Waals surface area contributed by atoms with Crippen molar-refractivity contribution >= 4 is 11.6 Å². The van der Waals surface area contributed by atoms with Gasteiger partial charge in [0.05, 0.1) is 5.69 Å². The highest BCUT2D eigenvalue weighted by Gasteiger charge is 2.28. The number of halogens is 1. The summed E-state index contributed by atoms with van der Waals surface area (Å²) in [4.78, 5) is 7.24. The van der Waals surface area contributed by atoms with Crippen LogP contribution in [0.2, 0.25) is 5.15 Å². The molecule has 0 bridgehead atoms. The normalized spacial score (nSPS) is 25.5. The molecule has 3 nitrogen and oxygen atoms in total. The molecule has 3 heterocycles. The third-order valence-corrected chi connectivity index (χ3v) is 5.12. The number of hydrogen-bond acceptors (Lipinski definition) is 2. The Kier molecular flexibility index (Phi) is 3.86. The number of fused-ring (bicyclic) bond motifs is 1. The standard InChI is InChI=1S/C15H24ClN3/c1-3-18-8-6-12(7-9-18)15-17-14(16)13-5-4-11(2)10-19(13)15/h11-12H,3-10H2,1-2H3. The molecule has 0 N–H and O–H groups in total. The molecule has 1 fully saturated rings. The monoisotopic (exact) mass is 281 g/mol. The molecular formula is C15H24ClN3. The van der Waals surface area contributed by atoms with E-state index in [0.717, 1.165) is 24.0 Å². The van der Waals surface area contributed by atoms with Crippen molar-refractivity contribution in [1.82, 2.24) is 14.5 Å². The molecule has 0 aliphatic carbocycles. The van der Waals surface area contributed by atoms with Crippen LogP contribution in [-0.4, -0.2) is 34.1 Å². The van der Waals surface area contributed by atoms with E-state index in [4.69, 9.17) is 16.6 Å². The van der Waals surface area contributed by atoms with E-state index in [1.54, 1.807) is 0 Å². The van der Waals surface area contributed by atoms with Crippen molar-refractivity contribution in [3.05, 3.63) is 16.7 Å². The average Bonchev–Trinajstić information content (AvgIpc) is 2.75. The highest BCUT2D eigenvalue weighted by atomic mass is 35.5. The summed E-state index contributed by atoms with van der Waals surface area (Å²) in [7, 11) is 0. The molecule has 1 atom stereocenters. The summed E-state index contributed by atoms with van der Waals surface area (Å²) in [6.45, 7) is 9.27. The zero-order valence-corrected chi connectivity index (χ0v) is 12.8. The first-order valence-electron chi connectivity index (χ1n) is 7.66. The number of nitrogens with zero attached hydrogens (tertiary/aromatic N) is 3. The van der Waals surface area contributed by atoms with Gasteiger partial charge in [-0.1, -0.05) is 25.4 Å². The first-order valence-corrected chi connectivity index (χ1v) is 8.04. The quantitative estimate of drug-likeness (QED) is 0.829. The van der Waals surface area contributed by atoms with Gasteiger partial charge in [-0.3, -0.25) is 0 Å². The molecule has 0 radical (unpaired) electrons. The fraction of sp³-hybridized carbons (Fsp3) is 0.800. The van der Waals surface area contributed by atoms with Crippen molar-refractivity contribution in [3.63, 3.8) is 0 Å². The van der Waals surface area contributed by atoms with E-state index in [1.807, 2.05) is 0 Å². The molecule has 3 rings (SSSR count). The number of imidazole rings is 1. The summed E-state index contributed by atoms with van der Waals surface area (Å²) in [6.07, 6.45) is 4.81. The lowest BCUT2D eigenvalue weighted by atomic mass is 9.94. The zero-order chi connectivity index (χ0) is 13.4. The average molecular weight is 282 g/mol. The molecule has 1 unspecified atom stereocenters. The summed E-state index contributed by atoms with van der Waals surface area (Å²) < 4.78 is 2.43. The van der Waals surface area contributed by atoms with Gasteiger partial charge in [0, 0.05) is 12.5 Å². The van der Waals surface area contributed by atoms with Crippen LogP contribution in [0.1, 0.15) is 50.5 Å². The van der Waals surface area contributed by atoms with Crippen LogP contribution >= 0.6 is 11.6 Å². The van der Waals surface area contributed by atoms with E-state index < -0.39 is 0 Å². The Morgan fingerprint density at radius 1 is 1.26 bits per heavy atom. The van der Waals surface area contributed by atoms with E-state index >= 15 is 0 Å². The third kappa shape index (κ3) is 2.55. The molecule has 0 spiro atoms. The van der Waals surface area contributed by atoms with Crippen LogP contribution in [0.3, 0.4) is 0 Å². The molecular weight excluding hydrogens is 258 g/mol. The van der Waals surface area contributed by atoms with Crippen molar-refractivity contribution < 1.29 is 0 Å². The number of rotatable bonds is 2. The van der Waals surface area contributed by atoms with E-state index in [1.165, 1.54) is 50.4 Å². The fourth-order valence-electron chi connectivity index (χ4n) is 3.52. The maximum atomic E-state index is 6.34. The Labute approximate surface area is 121 Å². The largest absolute Gasteiger partial charge is 0.330 e. The van der Waals surface area contributed by atoms with Crippen LogP contribution in [-0.2, 0) is 13.0 Å². The van der Waals surface area contributed by atoms with Gasteiger partial charge >= 0.3 is 0 Å². The SMILES string of the molecule is CCN1CCC(c2nc(Cl)c3n2CC(C)CC3)CC1. The molecule has 19 heavy (non-hydrogen) atoms. The smallest absolute Gasteiger partial charge is 0.150 e. The predicted octanol–water partition coefficient (Wildman–Crippen LogP) is 3.32. The molecule has 0 amide bonds. The van der Waals surface area contributed by atoms with Crippen molar-refractivity contribution in [2.24, 2.45) is 5.92 Å². The summed E-state index contributed by atoms with van der Waals surface area (Å²) in [5, 5.41) is 0.764. The molecule has 106 valence electrons. The summed E-state index contributed by atoms with van der Waals surface area (Å²) >= 11 is 6.34. The van der Waals surface area contributed by atoms with Crippen LogP contribution in [0.4, 0.5) is 0 Å². The molecule has 1 aromatic heterocycles. The van der Waals surface area contributed by atoms with Crippen LogP contribution in [0.5, 0.6) is 0 Å².